The summed E-state index contributed by atoms with van der Waals surface area (Å²) >= 11 is 4.98. The van der Waals surface area contributed by atoms with E-state index in [1.54, 1.807) is 0 Å². The molecule has 0 aliphatic heterocycles. The van der Waals surface area contributed by atoms with Crippen molar-refractivity contribution in [1.82, 2.24) is 0 Å². The zero-order valence-electron chi connectivity index (χ0n) is 8.74. The molecule has 0 aliphatic rings. The summed E-state index contributed by atoms with van der Waals surface area (Å²) in [5, 5.41) is -0.909. The number of hydrogen-bond acceptors (Lipinski definition) is 1. The summed E-state index contributed by atoms with van der Waals surface area (Å²) < 4.78 is 37.1. The number of alkyl halides is 3. The van der Waals surface area contributed by atoms with Crippen molar-refractivity contribution in [3.05, 3.63) is 0 Å². The van der Waals surface area contributed by atoms with Crippen LogP contribution in [0.5, 0.6) is 0 Å². The molecule has 0 amide bonds. The quantitative estimate of drug-likeness (QED) is 0.482. The Balaban J connectivity index is 3.97. The predicted molar refractivity (Wildman–Crippen MR) is 53.8 cm³/mol. The fraction of sp³-hybridized carbons (Fsp3) is 0.900. The van der Waals surface area contributed by atoms with E-state index in [4.69, 9.17) is 11.6 Å². The fourth-order valence-electron chi connectivity index (χ4n) is 1.39. The lowest BCUT2D eigenvalue weighted by Gasteiger charge is -2.18. The average Bonchev–Trinajstić information content (AvgIpc) is 2.08. The standard InChI is InChI=1S/C10H16ClF3O/c1-2-3-4-5-6-8(7-9(11)15)10(12,13)14/h8H,2-7H2,1H3. The first kappa shape index (κ1) is 14.8. The molecule has 0 rings (SSSR count). The van der Waals surface area contributed by atoms with Crippen molar-refractivity contribution >= 4 is 16.8 Å². The minimum atomic E-state index is -4.31. The summed E-state index contributed by atoms with van der Waals surface area (Å²) in [4.78, 5) is 10.5. The SMILES string of the molecule is CCCCCCC(CC(=O)Cl)C(F)(F)F. The van der Waals surface area contributed by atoms with Crippen molar-refractivity contribution in [2.45, 2.75) is 51.6 Å². The van der Waals surface area contributed by atoms with E-state index >= 15 is 0 Å². The molecule has 0 fully saturated rings. The molecule has 0 bridgehead atoms. The molecule has 0 aromatic rings. The second kappa shape index (κ2) is 7.09. The first-order valence-electron chi connectivity index (χ1n) is 5.13. The molecule has 0 radical (unpaired) electrons. The summed E-state index contributed by atoms with van der Waals surface area (Å²) in [7, 11) is 0. The molecule has 0 heterocycles. The fourth-order valence-corrected chi connectivity index (χ4v) is 1.58. The van der Waals surface area contributed by atoms with Gasteiger partial charge in [-0.15, -0.1) is 0 Å². The minimum absolute atomic E-state index is 0.00194. The van der Waals surface area contributed by atoms with E-state index < -0.39 is 23.8 Å². The Hall–Kier alpha value is -0.250. The topological polar surface area (TPSA) is 17.1 Å². The van der Waals surface area contributed by atoms with Gasteiger partial charge < -0.3 is 0 Å². The van der Waals surface area contributed by atoms with Gasteiger partial charge in [-0.25, -0.2) is 0 Å². The van der Waals surface area contributed by atoms with Crippen LogP contribution in [0.1, 0.15) is 45.4 Å². The van der Waals surface area contributed by atoms with E-state index in [0.29, 0.717) is 6.42 Å². The Bertz CT molecular complexity index is 192. The van der Waals surface area contributed by atoms with Gasteiger partial charge in [0.2, 0.25) is 5.24 Å². The molecule has 1 atom stereocenters. The Morgan fingerprint density at radius 2 is 1.87 bits per heavy atom. The summed E-state index contributed by atoms with van der Waals surface area (Å²) in [6.07, 6.45) is -1.72. The molecular weight excluding hydrogens is 229 g/mol. The van der Waals surface area contributed by atoms with Crippen LogP contribution in [0.3, 0.4) is 0 Å². The van der Waals surface area contributed by atoms with Gasteiger partial charge in [0.15, 0.2) is 0 Å². The second-order valence-corrected chi connectivity index (χ2v) is 4.07. The number of rotatable bonds is 7. The van der Waals surface area contributed by atoms with Crippen LogP contribution in [-0.4, -0.2) is 11.4 Å². The van der Waals surface area contributed by atoms with Crippen molar-refractivity contribution in [2.24, 2.45) is 5.92 Å². The van der Waals surface area contributed by atoms with Crippen molar-refractivity contribution in [3.63, 3.8) is 0 Å². The van der Waals surface area contributed by atoms with Crippen molar-refractivity contribution in [3.8, 4) is 0 Å². The molecule has 1 unspecified atom stereocenters. The molecule has 5 heteroatoms. The third-order valence-electron chi connectivity index (χ3n) is 2.28. The number of unbranched alkanes of at least 4 members (excludes halogenated alkanes) is 3. The van der Waals surface area contributed by atoms with Gasteiger partial charge in [-0.3, -0.25) is 4.79 Å². The number of halogens is 4. The molecule has 15 heavy (non-hydrogen) atoms. The Morgan fingerprint density at radius 3 is 2.27 bits per heavy atom. The highest BCUT2D eigenvalue weighted by molar-refractivity contribution is 6.63. The molecular formula is C10H16ClF3O. The van der Waals surface area contributed by atoms with Gasteiger partial charge >= 0.3 is 6.18 Å². The largest absolute Gasteiger partial charge is 0.392 e. The molecule has 0 N–H and O–H groups in total. The Labute approximate surface area is 93.0 Å². The highest BCUT2D eigenvalue weighted by Gasteiger charge is 2.39. The molecule has 0 aromatic heterocycles. The number of carbonyl (C=O) groups excluding carboxylic acids is 1. The zero-order valence-corrected chi connectivity index (χ0v) is 9.50. The van der Waals surface area contributed by atoms with Gasteiger partial charge in [-0.1, -0.05) is 32.6 Å². The maximum atomic E-state index is 12.4. The molecule has 0 spiro atoms. The summed E-state index contributed by atoms with van der Waals surface area (Å²) in [6.45, 7) is 1.99. The van der Waals surface area contributed by atoms with E-state index in [1.807, 2.05) is 6.92 Å². The smallest absolute Gasteiger partial charge is 0.281 e. The van der Waals surface area contributed by atoms with Gasteiger partial charge in [0, 0.05) is 6.42 Å². The van der Waals surface area contributed by atoms with Crippen LogP contribution in [-0.2, 0) is 4.79 Å². The van der Waals surface area contributed by atoms with Crippen LogP contribution in [0.2, 0.25) is 0 Å². The Kier molecular flexibility index (Phi) is 6.98. The summed E-state index contributed by atoms with van der Waals surface area (Å²) in [6, 6.07) is 0. The maximum Gasteiger partial charge on any atom is 0.392 e. The van der Waals surface area contributed by atoms with Crippen molar-refractivity contribution < 1.29 is 18.0 Å². The number of hydrogen-bond donors (Lipinski definition) is 0. The first-order chi connectivity index (χ1) is 6.88. The van der Waals surface area contributed by atoms with E-state index in [0.717, 1.165) is 19.3 Å². The number of carbonyl (C=O) groups is 1. The van der Waals surface area contributed by atoms with Crippen LogP contribution in [0, 0.1) is 5.92 Å². The van der Waals surface area contributed by atoms with Crippen LogP contribution >= 0.6 is 11.6 Å². The Morgan fingerprint density at radius 1 is 1.27 bits per heavy atom. The van der Waals surface area contributed by atoms with Crippen LogP contribution < -0.4 is 0 Å². The molecule has 1 nitrogen and oxygen atoms in total. The normalized spacial score (nSPS) is 13.9. The average molecular weight is 245 g/mol. The van der Waals surface area contributed by atoms with Crippen molar-refractivity contribution in [2.75, 3.05) is 0 Å². The minimum Gasteiger partial charge on any atom is -0.281 e. The van der Waals surface area contributed by atoms with E-state index in [-0.39, 0.29) is 6.42 Å². The van der Waals surface area contributed by atoms with Gasteiger partial charge in [0.05, 0.1) is 5.92 Å². The highest BCUT2D eigenvalue weighted by Crippen LogP contribution is 2.33. The monoisotopic (exact) mass is 244 g/mol. The molecule has 90 valence electrons. The molecule has 0 saturated heterocycles. The summed E-state index contributed by atoms with van der Waals surface area (Å²) in [5.74, 6) is -1.57. The lowest BCUT2D eigenvalue weighted by atomic mass is 9.97. The molecule has 0 aromatic carbocycles. The highest BCUT2D eigenvalue weighted by atomic mass is 35.5. The van der Waals surface area contributed by atoms with Crippen molar-refractivity contribution in [1.29, 1.82) is 0 Å². The van der Waals surface area contributed by atoms with E-state index in [9.17, 15) is 18.0 Å². The van der Waals surface area contributed by atoms with Gasteiger partial charge in [-0.2, -0.15) is 13.2 Å². The van der Waals surface area contributed by atoms with Crippen LogP contribution in [0.25, 0.3) is 0 Å². The zero-order chi connectivity index (χ0) is 11.9. The third-order valence-corrected chi connectivity index (χ3v) is 2.43. The summed E-state index contributed by atoms with van der Waals surface area (Å²) in [5.41, 5.74) is 0. The van der Waals surface area contributed by atoms with Gasteiger partial charge in [-0.05, 0) is 18.0 Å². The molecule has 0 aliphatic carbocycles. The lowest BCUT2D eigenvalue weighted by Crippen LogP contribution is -2.24. The van der Waals surface area contributed by atoms with Gasteiger partial charge in [0.25, 0.3) is 0 Å². The van der Waals surface area contributed by atoms with Crippen LogP contribution in [0.15, 0.2) is 0 Å². The second-order valence-electron chi connectivity index (χ2n) is 3.65. The molecule has 0 saturated carbocycles. The maximum absolute atomic E-state index is 12.4. The van der Waals surface area contributed by atoms with E-state index in [1.165, 1.54) is 0 Å². The lowest BCUT2D eigenvalue weighted by molar-refractivity contribution is -0.179. The van der Waals surface area contributed by atoms with E-state index in [2.05, 4.69) is 0 Å². The predicted octanol–water partition coefficient (Wildman–Crippen LogP) is 4.29. The third kappa shape index (κ3) is 7.65. The first-order valence-corrected chi connectivity index (χ1v) is 5.50. The van der Waals surface area contributed by atoms with Gasteiger partial charge in [0.1, 0.15) is 0 Å². The van der Waals surface area contributed by atoms with Crippen LogP contribution in [0.4, 0.5) is 13.2 Å².